The van der Waals surface area contributed by atoms with E-state index >= 15 is 0 Å². The van der Waals surface area contributed by atoms with Gasteiger partial charge in [0.25, 0.3) is 5.91 Å². The monoisotopic (exact) mass is 250 g/mol. The molecule has 1 aromatic heterocycles. The number of aliphatic hydroxyl groups excluding tert-OH is 1. The molecule has 0 aromatic carbocycles. The molecular weight excluding hydrogens is 232 g/mol. The standard InChI is InChI=1S/C12H18N4O2/c13-12(18)9-6-7-11(16-15-9)14-8-4-2-1-3-5-10(8)17/h6-8,10,17H,1-5H2,(H2,13,18)(H,14,16). The van der Waals surface area contributed by atoms with Crippen molar-refractivity contribution in [2.75, 3.05) is 5.32 Å². The number of nitrogens with one attached hydrogen (secondary N) is 1. The van der Waals surface area contributed by atoms with Crippen LogP contribution in [-0.4, -0.2) is 33.4 Å². The third-order valence-corrected chi connectivity index (χ3v) is 3.23. The molecule has 6 nitrogen and oxygen atoms in total. The number of amides is 1. The van der Waals surface area contributed by atoms with Crippen molar-refractivity contribution in [3.63, 3.8) is 0 Å². The molecule has 1 saturated carbocycles. The van der Waals surface area contributed by atoms with E-state index in [0.717, 1.165) is 32.1 Å². The van der Waals surface area contributed by atoms with Crippen molar-refractivity contribution >= 4 is 11.7 Å². The van der Waals surface area contributed by atoms with E-state index in [1.165, 1.54) is 6.07 Å². The van der Waals surface area contributed by atoms with Crippen LogP contribution in [0.1, 0.15) is 42.6 Å². The number of nitrogens with zero attached hydrogens (tertiary/aromatic N) is 2. The number of carbonyl (C=O) groups is 1. The van der Waals surface area contributed by atoms with Crippen LogP contribution in [0.25, 0.3) is 0 Å². The first-order valence-corrected chi connectivity index (χ1v) is 6.25. The molecule has 0 spiro atoms. The number of carbonyl (C=O) groups excluding carboxylic acids is 1. The first-order valence-electron chi connectivity index (χ1n) is 6.25. The molecule has 2 rings (SSSR count). The Balaban J connectivity index is 2.01. The Hall–Kier alpha value is -1.69. The SMILES string of the molecule is NC(=O)c1ccc(NC2CCCCCC2O)nn1. The van der Waals surface area contributed by atoms with Gasteiger partial charge >= 0.3 is 0 Å². The van der Waals surface area contributed by atoms with Gasteiger partial charge in [-0.05, 0) is 25.0 Å². The molecule has 4 N–H and O–H groups in total. The van der Waals surface area contributed by atoms with Gasteiger partial charge < -0.3 is 16.2 Å². The lowest BCUT2D eigenvalue weighted by Gasteiger charge is -2.21. The first-order chi connectivity index (χ1) is 8.66. The summed E-state index contributed by atoms with van der Waals surface area (Å²) in [6.45, 7) is 0. The molecule has 18 heavy (non-hydrogen) atoms. The van der Waals surface area contributed by atoms with Gasteiger partial charge in [-0.25, -0.2) is 0 Å². The zero-order valence-electron chi connectivity index (χ0n) is 10.2. The molecule has 0 bridgehead atoms. The number of aliphatic hydroxyl groups is 1. The highest BCUT2D eigenvalue weighted by Crippen LogP contribution is 2.20. The van der Waals surface area contributed by atoms with E-state index in [1.807, 2.05) is 0 Å². The van der Waals surface area contributed by atoms with Crippen molar-refractivity contribution in [3.8, 4) is 0 Å². The van der Waals surface area contributed by atoms with Gasteiger partial charge in [0.05, 0.1) is 12.1 Å². The Morgan fingerprint density at radius 1 is 1.28 bits per heavy atom. The van der Waals surface area contributed by atoms with Gasteiger partial charge in [-0.3, -0.25) is 4.79 Å². The van der Waals surface area contributed by atoms with Gasteiger partial charge in [-0.1, -0.05) is 19.3 Å². The molecule has 0 saturated heterocycles. The van der Waals surface area contributed by atoms with Crippen molar-refractivity contribution in [3.05, 3.63) is 17.8 Å². The molecular formula is C12H18N4O2. The van der Waals surface area contributed by atoms with E-state index in [1.54, 1.807) is 6.07 Å². The quantitative estimate of drug-likeness (QED) is 0.685. The van der Waals surface area contributed by atoms with Crippen molar-refractivity contribution in [2.45, 2.75) is 44.2 Å². The predicted molar refractivity (Wildman–Crippen MR) is 67.1 cm³/mol. The predicted octanol–water partition coefficient (Wildman–Crippen LogP) is 0.681. The van der Waals surface area contributed by atoms with Crippen LogP contribution in [0.3, 0.4) is 0 Å². The third kappa shape index (κ3) is 3.16. The minimum absolute atomic E-state index is 0.00114. The highest BCUT2D eigenvalue weighted by Gasteiger charge is 2.21. The molecule has 98 valence electrons. The maximum atomic E-state index is 10.9. The Kier molecular flexibility index (Phi) is 4.09. The number of rotatable bonds is 3. The molecule has 1 aromatic rings. The van der Waals surface area contributed by atoms with Crippen molar-refractivity contribution < 1.29 is 9.90 Å². The highest BCUT2D eigenvalue weighted by molar-refractivity contribution is 5.90. The minimum atomic E-state index is -0.594. The third-order valence-electron chi connectivity index (χ3n) is 3.23. The smallest absolute Gasteiger partial charge is 0.269 e. The van der Waals surface area contributed by atoms with E-state index in [0.29, 0.717) is 5.82 Å². The summed E-state index contributed by atoms with van der Waals surface area (Å²) in [5.74, 6) is -0.0329. The fourth-order valence-electron chi connectivity index (χ4n) is 2.19. The van der Waals surface area contributed by atoms with Crippen LogP contribution < -0.4 is 11.1 Å². The second-order valence-corrected chi connectivity index (χ2v) is 4.62. The fraction of sp³-hybridized carbons (Fsp3) is 0.583. The van der Waals surface area contributed by atoms with Gasteiger partial charge in [0.15, 0.2) is 5.69 Å². The lowest BCUT2D eigenvalue weighted by molar-refractivity contribution is 0.0994. The molecule has 1 heterocycles. The van der Waals surface area contributed by atoms with Crippen molar-refractivity contribution in [1.29, 1.82) is 0 Å². The van der Waals surface area contributed by atoms with E-state index in [2.05, 4.69) is 15.5 Å². The molecule has 6 heteroatoms. The summed E-state index contributed by atoms with van der Waals surface area (Å²) >= 11 is 0. The zero-order chi connectivity index (χ0) is 13.0. The Bertz CT molecular complexity index is 407. The van der Waals surface area contributed by atoms with Crippen LogP contribution in [-0.2, 0) is 0 Å². The van der Waals surface area contributed by atoms with E-state index < -0.39 is 5.91 Å². The topological polar surface area (TPSA) is 101 Å². The number of anilines is 1. The lowest BCUT2D eigenvalue weighted by Crippen LogP contribution is -2.33. The maximum absolute atomic E-state index is 10.9. The number of nitrogens with two attached hydrogens (primary N) is 1. The van der Waals surface area contributed by atoms with Gasteiger partial charge in [0, 0.05) is 0 Å². The summed E-state index contributed by atoms with van der Waals surface area (Å²) in [5.41, 5.74) is 5.23. The van der Waals surface area contributed by atoms with Gasteiger partial charge in [0.1, 0.15) is 5.82 Å². The summed E-state index contributed by atoms with van der Waals surface area (Å²) in [7, 11) is 0. The molecule has 1 fully saturated rings. The average molecular weight is 250 g/mol. The number of hydrogen-bond donors (Lipinski definition) is 3. The van der Waals surface area contributed by atoms with Crippen LogP contribution in [0.5, 0.6) is 0 Å². The van der Waals surface area contributed by atoms with Crippen LogP contribution >= 0.6 is 0 Å². The number of hydrogen-bond acceptors (Lipinski definition) is 5. The Labute approximate surface area is 106 Å². The molecule has 0 radical (unpaired) electrons. The normalized spacial score (nSPS) is 24.3. The van der Waals surface area contributed by atoms with Crippen molar-refractivity contribution in [2.24, 2.45) is 5.73 Å². The second-order valence-electron chi connectivity index (χ2n) is 4.62. The summed E-state index contributed by atoms with van der Waals surface area (Å²) in [5, 5.41) is 20.7. The van der Waals surface area contributed by atoms with Crippen LogP contribution in [0.4, 0.5) is 5.82 Å². The minimum Gasteiger partial charge on any atom is -0.391 e. The fourth-order valence-corrected chi connectivity index (χ4v) is 2.19. The van der Waals surface area contributed by atoms with E-state index in [9.17, 15) is 9.90 Å². The van der Waals surface area contributed by atoms with Crippen molar-refractivity contribution in [1.82, 2.24) is 10.2 Å². The Morgan fingerprint density at radius 2 is 2.06 bits per heavy atom. The van der Waals surface area contributed by atoms with Gasteiger partial charge in [0.2, 0.25) is 0 Å². The van der Waals surface area contributed by atoms with Crippen LogP contribution in [0.15, 0.2) is 12.1 Å². The largest absolute Gasteiger partial charge is 0.391 e. The Morgan fingerprint density at radius 3 is 2.72 bits per heavy atom. The summed E-state index contributed by atoms with van der Waals surface area (Å²) in [4.78, 5) is 10.9. The first kappa shape index (κ1) is 12.8. The highest BCUT2D eigenvalue weighted by atomic mass is 16.3. The summed E-state index contributed by atoms with van der Waals surface area (Å²) in [6.07, 6.45) is 4.68. The van der Waals surface area contributed by atoms with Gasteiger partial charge in [-0.15, -0.1) is 10.2 Å². The van der Waals surface area contributed by atoms with E-state index in [-0.39, 0.29) is 17.8 Å². The van der Waals surface area contributed by atoms with Crippen LogP contribution in [0, 0.1) is 0 Å². The number of primary amides is 1. The summed E-state index contributed by atoms with van der Waals surface area (Å²) in [6, 6.07) is 3.19. The second kappa shape index (κ2) is 5.77. The number of aromatic nitrogens is 2. The average Bonchev–Trinajstić information content (AvgIpc) is 2.56. The zero-order valence-corrected chi connectivity index (χ0v) is 10.2. The molecule has 0 aliphatic heterocycles. The lowest BCUT2D eigenvalue weighted by atomic mass is 10.1. The molecule has 1 aliphatic rings. The summed E-state index contributed by atoms with van der Waals surface area (Å²) < 4.78 is 0. The van der Waals surface area contributed by atoms with Gasteiger partial charge in [-0.2, -0.15) is 0 Å². The maximum Gasteiger partial charge on any atom is 0.269 e. The molecule has 1 amide bonds. The molecule has 1 aliphatic carbocycles. The van der Waals surface area contributed by atoms with Crippen LogP contribution in [0.2, 0.25) is 0 Å². The molecule has 2 atom stereocenters. The molecule has 2 unspecified atom stereocenters. The van der Waals surface area contributed by atoms with E-state index in [4.69, 9.17) is 5.73 Å².